The van der Waals surface area contributed by atoms with E-state index in [0.717, 1.165) is 17.2 Å². The molecule has 0 N–H and O–H groups in total. The van der Waals surface area contributed by atoms with Crippen molar-refractivity contribution in [2.45, 2.75) is 19.1 Å². The van der Waals surface area contributed by atoms with Gasteiger partial charge in [0, 0.05) is 11.4 Å². The minimum absolute atomic E-state index is 0. The van der Waals surface area contributed by atoms with Gasteiger partial charge in [-0.25, -0.2) is 0 Å². The summed E-state index contributed by atoms with van der Waals surface area (Å²) < 4.78 is 6.29. The maximum Gasteiger partial charge on any atom is 0.198 e. The Hall–Kier alpha value is -0.740. The van der Waals surface area contributed by atoms with Crippen molar-refractivity contribution >= 4 is 35.3 Å². The van der Waals surface area contributed by atoms with Crippen molar-refractivity contribution in [1.29, 1.82) is 0 Å². The summed E-state index contributed by atoms with van der Waals surface area (Å²) in [6.07, 6.45) is 0.864. The van der Waals surface area contributed by atoms with E-state index in [1.165, 1.54) is 4.88 Å². The van der Waals surface area contributed by atoms with Crippen LogP contribution in [0.25, 0.3) is 0 Å². The van der Waals surface area contributed by atoms with Gasteiger partial charge in [0.1, 0.15) is 5.75 Å². The summed E-state index contributed by atoms with van der Waals surface area (Å²) in [5, 5.41) is 2.80. The summed E-state index contributed by atoms with van der Waals surface area (Å²) in [6, 6.07) is 11.7. The van der Waals surface area contributed by atoms with Crippen LogP contribution in [-0.4, -0.2) is 19.0 Å². The van der Waals surface area contributed by atoms with Crippen LogP contribution in [0.5, 0.6) is 5.75 Å². The molecule has 1 aromatic heterocycles. The van der Waals surface area contributed by atoms with E-state index in [2.05, 4.69) is 29.3 Å². The van der Waals surface area contributed by atoms with Crippen molar-refractivity contribution in [2.75, 3.05) is 14.1 Å². The molecule has 1 aromatic carbocycles. The Bertz CT molecular complexity index is 513. The van der Waals surface area contributed by atoms with Gasteiger partial charge in [-0.2, -0.15) is 0 Å². The van der Waals surface area contributed by atoms with Crippen molar-refractivity contribution in [2.24, 2.45) is 0 Å². The van der Waals surface area contributed by atoms with Gasteiger partial charge in [-0.1, -0.05) is 24.6 Å². The van der Waals surface area contributed by atoms with E-state index < -0.39 is 5.72 Å². The van der Waals surface area contributed by atoms with Gasteiger partial charge in [-0.15, -0.1) is 23.7 Å². The summed E-state index contributed by atoms with van der Waals surface area (Å²) >= 11 is 7.63. The third-order valence-corrected chi connectivity index (χ3v) is 4.46. The molecular formula is C15H19Cl2NOS. The average molecular weight is 332 g/mol. The van der Waals surface area contributed by atoms with Gasteiger partial charge >= 0.3 is 0 Å². The minimum Gasteiger partial charge on any atom is -0.468 e. The number of hydrogen-bond acceptors (Lipinski definition) is 3. The van der Waals surface area contributed by atoms with Gasteiger partial charge in [0.2, 0.25) is 0 Å². The monoisotopic (exact) mass is 331 g/mol. The summed E-state index contributed by atoms with van der Waals surface area (Å²) in [5.74, 6) is 0.827. The molecule has 0 fully saturated rings. The Labute approximate surface area is 135 Å². The maximum absolute atomic E-state index is 6.29. The van der Waals surface area contributed by atoms with Crippen molar-refractivity contribution in [1.82, 2.24) is 4.90 Å². The van der Waals surface area contributed by atoms with Gasteiger partial charge in [0.25, 0.3) is 0 Å². The van der Waals surface area contributed by atoms with E-state index in [1.807, 2.05) is 38.4 Å². The molecule has 0 bridgehead atoms. The van der Waals surface area contributed by atoms with Crippen LogP contribution < -0.4 is 4.74 Å². The topological polar surface area (TPSA) is 12.5 Å². The lowest BCUT2D eigenvalue weighted by Gasteiger charge is -2.38. The van der Waals surface area contributed by atoms with Gasteiger partial charge in [-0.3, -0.25) is 4.90 Å². The maximum atomic E-state index is 6.29. The van der Waals surface area contributed by atoms with E-state index in [1.54, 1.807) is 11.3 Å². The highest BCUT2D eigenvalue weighted by Crippen LogP contribution is 2.36. The highest BCUT2D eigenvalue weighted by molar-refractivity contribution is 7.10. The summed E-state index contributed by atoms with van der Waals surface area (Å²) in [7, 11) is 4.08. The molecule has 0 radical (unpaired) electrons. The molecule has 2 rings (SSSR count). The predicted octanol–water partition coefficient (Wildman–Crippen LogP) is 5.03. The van der Waals surface area contributed by atoms with Crippen molar-refractivity contribution in [3.8, 4) is 5.75 Å². The summed E-state index contributed by atoms with van der Waals surface area (Å²) in [6.45, 7) is 2.13. The zero-order chi connectivity index (χ0) is 13.9. The largest absolute Gasteiger partial charge is 0.468 e. The van der Waals surface area contributed by atoms with E-state index in [-0.39, 0.29) is 12.4 Å². The molecule has 0 saturated carbocycles. The molecule has 0 saturated heterocycles. The second-order valence-corrected chi connectivity index (χ2v) is 5.95. The first-order valence-electron chi connectivity index (χ1n) is 6.24. The minimum atomic E-state index is -0.429. The number of hydrogen-bond donors (Lipinski definition) is 0. The molecule has 110 valence electrons. The first-order chi connectivity index (χ1) is 9.08. The number of nitrogens with zero attached hydrogens (tertiary/aromatic N) is 1. The molecule has 2 nitrogen and oxygen atoms in total. The molecule has 20 heavy (non-hydrogen) atoms. The molecule has 5 heteroatoms. The first-order valence-corrected chi connectivity index (χ1v) is 7.50. The predicted molar refractivity (Wildman–Crippen MR) is 89.3 cm³/mol. The van der Waals surface area contributed by atoms with E-state index in [4.69, 9.17) is 16.3 Å². The molecular weight excluding hydrogens is 313 g/mol. The standard InChI is InChI=1S/C15H18ClNOS.ClH/c1-4-15(17(2)3,14-6-5-11-19-14)18-13-9-7-12(16)8-10-13;/h5-11H,4H2,1-3H3;1H. The molecule has 0 amide bonds. The molecule has 1 unspecified atom stereocenters. The lowest BCUT2D eigenvalue weighted by atomic mass is 10.1. The molecule has 1 heterocycles. The van der Waals surface area contributed by atoms with Crippen LogP contribution in [0.15, 0.2) is 41.8 Å². The van der Waals surface area contributed by atoms with Gasteiger partial charge in [0.15, 0.2) is 5.72 Å². The smallest absolute Gasteiger partial charge is 0.198 e. The Balaban J connectivity index is 0.00000200. The van der Waals surface area contributed by atoms with E-state index >= 15 is 0 Å². The van der Waals surface area contributed by atoms with E-state index in [9.17, 15) is 0 Å². The number of benzene rings is 1. The van der Waals surface area contributed by atoms with Crippen molar-refractivity contribution in [3.63, 3.8) is 0 Å². The third-order valence-electron chi connectivity index (χ3n) is 3.21. The quantitative estimate of drug-likeness (QED) is 0.712. The molecule has 1 atom stereocenters. The molecule has 0 spiro atoms. The van der Waals surface area contributed by atoms with Crippen LogP contribution in [0.2, 0.25) is 5.02 Å². The second-order valence-electron chi connectivity index (χ2n) is 4.57. The number of thiophene rings is 1. The zero-order valence-electron chi connectivity index (χ0n) is 11.8. The normalized spacial score (nSPS) is 13.7. The van der Waals surface area contributed by atoms with Crippen LogP contribution in [0.3, 0.4) is 0 Å². The van der Waals surface area contributed by atoms with Crippen LogP contribution in [0.1, 0.15) is 18.2 Å². The third kappa shape index (κ3) is 3.47. The number of rotatable bonds is 5. The molecule has 0 aliphatic rings. The Morgan fingerprint density at radius 3 is 2.30 bits per heavy atom. The molecule has 2 aromatic rings. The van der Waals surface area contributed by atoms with Gasteiger partial charge < -0.3 is 4.74 Å². The average Bonchev–Trinajstić information content (AvgIpc) is 2.92. The van der Waals surface area contributed by atoms with Gasteiger partial charge in [0.05, 0.1) is 4.88 Å². The fourth-order valence-electron chi connectivity index (χ4n) is 2.12. The zero-order valence-corrected chi connectivity index (χ0v) is 14.2. The van der Waals surface area contributed by atoms with Gasteiger partial charge in [-0.05, 0) is 49.8 Å². The summed E-state index contributed by atoms with van der Waals surface area (Å²) in [5.41, 5.74) is -0.429. The first kappa shape index (κ1) is 17.3. The summed E-state index contributed by atoms with van der Waals surface area (Å²) in [4.78, 5) is 3.32. The SMILES string of the molecule is CCC(Oc1ccc(Cl)cc1)(c1cccs1)N(C)C.Cl. The lowest BCUT2D eigenvalue weighted by molar-refractivity contribution is -0.0642. The Morgan fingerprint density at radius 1 is 1.20 bits per heavy atom. The van der Waals surface area contributed by atoms with Crippen molar-refractivity contribution < 1.29 is 4.74 Å². The number of halogens is 2. The van der Waals surface area contributed by atoms with Crippen LogP contribution in [-0.2, 0) is 5.72 Å². The number of ether oxygens (including phenoxy) is 1. The second kappa shape index (κ2) is 7.32. The Kier molecular flexibility index (Phi) is 6.34. The highest BCUT2D eigenvalue weighted by atomic mass is 35.5. The fraction of sp³-hybridized carbons (Fsp3) is 0.333. The van der Waals surface area contributed by atoms with Crippen LogP contribution in [0, 0.1) is 0 Å². The van der Waals surface area contributed by atoms with Crippen molar-refractivity contribution in [3.05, 3.63) is 51.7 Å². The fourth-order valence-corrected chi connectivity index (χ4v) is 3.26. The van der Waals surface area contributed by atoms with Crippen LogP contribution >= 0.6 is 35.3 Å². The Morgan fingerprint density at radius 2 is 1.85 bits per heavy atom. The highest BCUT2D eigenvalue weighted by Gasteiger charge is 2.36. The molecule has 0 aliphatic carbocycles. The van der Waals surface area contributed by atoms with Crippen LogP contribution in [0.4, 0.5) is 0 Å². The lowest BCUT2D eigenvalue weighted by Crippen LogP contribution is -2.45. The molecule has 0 aliphatic heterocycles. The van der Waals surface area contributed by atoms with E-state index in [0.29, 0.717) is 0 Å².